The second kappa shape index (κ2) is 10.8. The van der Waals surface area contributed by atoms with Crippen LogP contribution in [0.25, 0.3) is 65.7 Å². The van der Waals surface area contributed by atoms with E-state index in [4.69, 9.17) is 4.42 Å². The average Bonchev–Trinajstić information content (AvgIpc) is 3.50. The van der Waals surface area contributed by atoms with Crippen molar-refractivity contribution in [3.8, 4) is 22.3 Å². The molecule has 0 radical (unpaired) electrons. The summed E-state index contributed by atoms with van der Waals surface area (Å²) in [4.78, 5) is 2.34. The van der Waals surface area contributed by atoms with Gasteiger partial charge in [-0.25, -0.2) is 0 Å². The van der Waals surface area contributed by atoms with Gasteiger partial charge in [-0.3, -0.25) is 0 Å². The second-order valence-electron chi connectivity index (χ2n) is 11.8. The van der Waals surface area contributed by atoms with Crippen LogP contribution in [0.4, 0.5) is 17.1 Å². The summed E-state index contributed by atoms with van der Waals surface area (Å²) in [5, 5.41) is 7.18. The van der Waals surface area contributed by atoms with Crippen molar-refractivity contribution in [2.24, 2.45) is 0 Å². The Morgan fingerprint density at radius 2 is 1.02 bits per heavy atom. The molecule has 8 aromatic carbocycles. The third kappa shape index (κ3) is 4.43. The highest BCUT2D eigenvalue weighted by atomic mass is 16.3. The summed E-state index contributed by atoms with van der Waals surface area (Å²) >= 11 is 0. The van der Waals surface area contributed by atoms with Crippen LogP contribution in [0.5, 0.6) is 0 Å². The van der Waals surface area contributed by atoms with Gasteiger partial charge in [0, 0.05) is 27.8 Å². The van der Waals surface area contributed by atoms with Crippen LogP contribution >= 0.6 is 0 Å². The molecule has 0 fully saturated rings. The van der Waals surface area contributed by atoms with Crippen molar-refractivity contribution in [2.45, 2.75) is 0 Å². The molecular formula is C44H29NO. The third-order valence-electron chi connectivity index (χ3n) is 9.02. The summed E-state index contributed by atoms with van der Waals surface area (Å²) < 4.78 is 6.47. The van der Waals surface area contributed by atoms with E-state index in [0.29, 0.717) is 0 Å². The first kappa shape index (κ1) is 26.3. The molecule has 0 atom stereocenters. The number of benzene rings is 8. The number of hydrogen-bond acceptors (Lipinski definition) is 2. The molecule has 0 unspecified atom stereocenters. The van der Waals surface area contributed by atoms with E-state index in [1.54, 1.807) is 0 Å². The highest BCUT2D eigenvalue weighted by molar-refractivity contribution is 6.16. The van der Waals surface area contributed by atoms with Gasteiger partial charge in [0.05, 0.1) is 0 Å². The van der Waals surface area contributed by atoms with Gasteiger partial charge in [0.2, 0.25) is 0 Å². The van der Waals surface area contributed by atoms with Crippen LogP contribution in [-0.2, 0) is 0 Å². The Kier molecular flexibility index (Phi) is 6.17. The van der Waals surface area contributed by atoms with Crippen LogP contribution in [0.1, 0.15) is 0 Å². The molecule has 0 aliphatic heterocycles. The molecule has 2 heteroatoms. The van der Waals surface area contributed by atoms with Gasteiger partial charge in [-0.1, -0.05) is 121 Å². The molecule has 1 heterocycles. The summed E-state index contributed by atoms with van der Waals surface area (Å²) in [5.41, 5.74) is 9.80. The minimum atomic E-state index is 0.879. The molecule has 0 bridgehead atoms. The summed E-state index contributed by atoms with van der Waals surface area (Å²) in [6.45, 7) is 0. The Labute approximate surface area is 267 Å². The van der Waals surface area contributed by atoms with Crippen molar-refractivity contribution in [3.63, 3.8) is 0 Å². The van der Waals surface area contributed by atoms with Crippen LogP contribution in [0.15, 0.2) is 180 Å². The summed E-state index contributed by atoms with van der Waals surface area (Å²) in [5.74, 6) is 0. The monoisotopic (exact) mass is 587 g/mol. The van der Waals surface area contributed by atoms with E-state index in [1.165, 1.54) is 43.8 Å². The van der Waals surface area contributed by atoms with E-state index < -0.39 is 0 Å². The second-order valence-corrected chi connectivity index (χ2v) is 11.8. The number of hydrogen-bond donors (Lipinski definition) is 0. The van der Waals surface area contributed by atoms with Crippen LogP contribution in [-0.4, -0.2) is 0 Å². The number of furan rings is 1. The van der Waals surface area contributed by atoms with Crippen molar-refractivity contribution in [1.82, 2.24) is 0 Å². The molecule has 1 aromatic heterocycles. The van der Waals surface area contributed by atoms with Crippen molar-refractivity contribution in [1.29, 1.82) is 0 Å². The zero-order valence-electron chi connectivity index (χ0n) is 25.1. The molecular weight excluding hydrogens is 558 g/mol. The van der Waals surface area contributed by atoms with Crippen molar-refractivity contribution >= 4 is 60.5 Å². The van der Waals surface area contributed by atoms with Crippen LogP contribution < -0.4 is 4.90 Å². The average molecular weight is 588 g/mol. The standard InChI is InChI=1S/C44H29NO/c1-2-16-35(17-3-1)45(36-18-8-15-33(28-36)34-24-23-30-11-4-5-13-32(30)27-34)37-25-26-42-41(29-37)44-40(21-10-22-43(44)46-42)39-20-9-14-31-12-6-7-19-38(31)39/h1-29H. The van der Waals surface area contributed by atoms with Gasteiger partial charge in [0.15, 0.2) is 0 Å². The van der Waals surface area contributed by atoms with Crippen molar-refractivity contribution < 1.29 is 4.42 Å². The van der Waals surface area contributed by atoms with E-state index in [9.17, 15) is 0 Å². The van der Waals surface area contributed by atoms with E-state index in [1.807, 2.05) is 0 Å². The molecule has 0 aliphatic rings. The first-order chi connectivity index (χ1) is 22.8. The number of nitrogens with zero attached hydrogens (tertiary/aromatic N) is 1. The number of para-hydroxylation sites is 1. The first-order valence-electron chi connectivity index (χ1n) is 15.7. The van der Waals surface area contributed by atoms with Gasteiger partial charge in [-0.2, -0.15) is 0 Å². The molecule has 0 saturated carbocycles. The zero-order valence-corrected chi connectivity index (χ0v) is 25.1. The lowest BCUT2D eigenvalue weighted by Crippen LogP contribution is -2.09. The number of rotatable bonds is 5. The Hall–Kier alpha value is -6.12. The largest absolute Gasteiger partial charge is 0.456 e. The number of anilines is 3. The molecule has 0 N–H and O–H groups in total. The fraction of sp³-hybridized carbons (Fsp3) is 0. The molecule has 216 valence electrons. The maximum Gasteiger partial charge on any atom is 0.136 e. The van der Waals surface area contributed by atoms with Gasteiger partial charge >= 0.3 is 0 Å². The van der Waals surface area contributed by atoms with Crippen molar-refractivity contribution in [2.75, 3.05) is 4.90 Å². The number of fused-ring (bicyclic) bond motifs is 5. The Morgan fingerprint density at radius 3 is 1.93 bits per heavy atom. The van der Waals surface area contributed by atoms with Gasteiger partial charge in [-0.15, -0.1) is 0 Å². The first-order valence-corrected chi connectivity index (χ1v) is 15.7. The maximum atomic E-state index is 6.47. The summed E-state index contributed by atoms with van der Waals surface area (Å²) in [6, 6.07) is 62.7. The fourth-order valence-corrected chi connectivity index (χ4v) is 6.86. The fourth-order valence-electron chi connectivity index (χ4n) is 6.86. The Balaban J connectivity index is 1.23. The van der Waals surface area contributed by atoms with Gasteiger partial charge in [0.25, 0.3) is 0 Å². The molecule has 0 amide bonds. The summed E-state index contributed by atoms with van der Waals surface area (Å²) in [6.07, 6.45) is 0. The molecule has 46 heavy (non-hydrogen) atoms. The van der Waals surface area contributed by atoms with E-state index in [0.717, 1.165) is 39.0 Å². The summed E-state index contributed by atoms with van der Waals surface area (Å²) in [7, 11) is 0. The Morgan fingerprint density at radius 1 is 0.348 bits per heavy atom. The maximum absolute atomic E-state index is 6.47. The molecule has 9 rings (SSSR count). The highest BCUT2D eigenvalue weighted by Gasteiger charge is 2.18. The third-order valence-corrected chi connectivity index (χ3v) is 9.02. The Bertz CT molecular complexity index is 2540. The molecule has 0 aliphatic carbocycles. The molecule has 9 aromatic rings. The molecule has 0 spiro atoms. The minimum Gasteiger partial charge on any atom is -0.456 e. The minimum absolute atomic E-state index is 0.879. The van der Waals surface area contributed by atoms with Gasteiger partial charge in [-0.05, 0) is 98.4 Å². The lowest BCUT2D eigenvalue weighted by atomic mass is 9.94. The van der Waals surface area contributed by atoms with Crippen LogP contribution in [0.2, 0.25) is 0 Å². The zero-order chi connectivity index (χ0) is 30.5. The normalized spacial score (nSPS) is 11.5. The van der Waals surface area contributed by atoms with Crippen LogP contribution in [0.3, 0.4) is 0 Å². The van der Waals surface area contributed by atoms with E-state index in [-0.39, 0.29) is 0 Å². The van der Waals surface area contributed by atoms with Crippen molar-refractivity contribution in [3.05, 3.63) is 176 Å². The highest BCUT2D eigenvalue weighted by Crippen LogP contribution is 2.43. The lowest BCUT2D eigenvalue weighted by Gasteiger charge is -2.26. The van der Waals surface area contributed by atoms with E-state index in [2.05, 4.69) is 181 Å². The lowest BCUT2D eigenvalue weighted by molar-refractivity contribution is 0.669. The predicted molar refractivity (Wildman–Crippen MR) is 194 cm³/mol. The topological polar surface area (TPSA) is 16.4 Å². The van der Waals surface area contributed by atoms with Crippen LogP contribution in [0, 0.1) is 0 Å². The predicted octanol–water partition coefficient (Wildman–Crippen LogP) is 12.7. The smallest absolute Gasteiger partial charge is 0.136 e. The quantitative estimate of drug-likeness (QED) is 0.199. The molecule has 2 nitrogen and oxygen atoms in total. The molecule has 0 saturated heterocycles. The SMILES string of the molecule is c1ccc(N(c2cccc(-c3ccc4ccccc4c3)c2)c2ccc3oc4cccc(-c5cccc6ccccc56)c4c3c2)cc1. The van der Waals surface area contributed by atoms with E-state index >= 15 is 0 Å². The van der Waals surface area contributed by atoms with Gasteiger partial charge in [0.1, 0.15) is 11.2 Å². The van der Waals surface area contributed by atoms with Gasteiger partial charge < -0.3 is 9.32 Å².